The van der Waals surface area contributed by atoms with Crippen LogP contribution in [-0.2, 0) is 16.6 Å². The average molecular weight is 293 g/mol. The van der Waals surface area contributed by atoms with Gasteiger partial charge in [0.2, 0.25) is 10.0 Å². The number of methoxy groups -OCH3 is 1. The van der Waals surface area contributed by atoms with E-state index in [1.165, 1.54) is 25.6 Å². The summed E-state index contributed by atoms with van der Waals surface area (Å²) in [4.78, 5) is 3.91. The number of sulfonamides is 1. The largest absolute Gasteiger partial charge is 0.495 e. The SMILES string of the molecule is COc1ccc(CNS(=O)(=O)c2cccnc2)cc1N. The molecule has 2 rings (SSSR count). The Labute approximate surface area is 117 Å². The molecule has 0 radical (unpaired) electrons. The lowest BCUT2D eigenvalue weighted by Crippen LogP contribution is -2.23. The maximum absolute atomic E-state index is 12.0. The molecule has 0 saturated heterocycles. The molecule has 0 bridgehead atoms. The van der Waals surface area contributed by atoms with E-state index in [1.54, 1.807) is 24.3 Å². The van der Waals surface area contributed by atoms with Gasteiger partial charge in [0.1, 0.15) is 10.6 Å². The number of hydrogen-bond acceptors (Lipinski definition) is 5. The summed E-state index contributed by atoms with van der Waals surface area (Å²) in [5.74, 6) is 0.559. The zero-order valence-corrected chi connectivity index (χ0v) is 11.7. The highest BCUT2D eigenvalue weighted by Crippen LogP contribution is 2.22. The second-order valence-electron chi connectivity index (χ2n) is 4.09. The van der Waals surface area contributed by atoms with Crippen LogP contribution in [0.15, 0.2) is 47.6 Å². The first kappa shape index (κ1) is 14.3. The first-order chi connectivity index (χ1) is 9.53. The van der Waals surface area contributed by atoms with E-state index in [0.717, 1.165) is 5.56 Å². The normalized spacial score (nSPS) is 11.2. The van der Waals surface area contributed by atoms with E-state index in [1.807, 2.05) is 0 Å². The molecule has 20 heavy (non-hydrogen) atoms. The van der Waals surface area contributed by atoms with Crippen molar-refractivity contribution in [3.63, 3.8) is 0 Å². The highest BCUT2D eigenvalue weighted by atomic mass is 32.2. The molecule has 2 aromatic rings. The Kier molecular flexibility index (Phi) is 4.21. The van der Waals surface area contributed by atoms with Gasteiger partial charge in [-0.3, -0.25) is 4.98 Å². The van der Waals surface area contributed by atoms with Gasteiger partial charge >= 0.3 is 0 Å². The molecule has 7 heteroatoms. The van der Waals surface area contributed by atoms with Crippen molar-refractivity contribution in [2.75, 3.05) is 12.8 Å². The second-order valence-corrected chi connectivity index (χ2v) is 5.86. The Morgan fingerprint density at radius 2 is 2.15 bits per heavy atom. The highest BCUT2D eigenvalue weighted by molar-refractivity contribution is 7.89. The zero-order valence-electron chi connectivity index (χ0n) is 10.9. The van der Waals surface area contributed by atoms with Gasteiger partial charge in [-0.05, 0) is 29.8 Å². The van der Waals surface area contributed by atoms with E-state index in [9.17, 15) is 8.42 Å². The topological polar surface area (TPSA) is 94.3 Å². The standard InChI is InChI=1S/C13H15N3O3S/c1-19-13-5-4-10(7-12(13)14)8-16-20(17,18)11-3-2-6-15-9-11/h2-7,9,16H,8,14H2,1H3. The third-order valence-corrected chi connectivity index (χ3v) is 4.09. The molecule has 0 saturated carbocycles. The summed E-state index contributed by atoms with van der Waals surface area (Å²) in [5.41, 5.74) is 6.98. The van der Waals surface area contributed by atoms with Gasteiger partial charge in [-0.25, -0.2) is 13.1 Å². The van der Waals surface area contributed by atoms with E-state index in [-0.39, 0.29) is 11.4 Å². The minimum absolute atomic E-state index is 0.126. The minimum atomic E-state index is -3.57. The van der Waals surface area contributed by atoms with Gasteiger partial charge in [0.25, 0.3) is 0 Å². The Balaban J connectivity index is 2.11. The number of rotatable bonds is 5. The monoisotopic (exact) mass is 293 g/mol. The molecule has 0 spiro atoms. The molecule has 0 unspecified atom stereocenters. The van der Waals surface area contributed by atoms with Crippen LogP contribution >= 0.6 is 0 Å². The van der Waals surface area contributed by atoms with Crippen molar-refractivity contribution in [1.29, 1.82) is 0 Å². The number of nitrogens with zero attached hydrogens (tertiary/aromatic N) is 1. The third kappa shape index (κ3) is 3.25. The van der Waals surface area contributed by atoms with Crippen LogP contribution in [0.4, 0.5) is 5.69 Å². The molecule has 1 heterocycles. The lowest BCUT2D eigenvalue weighted by Gasteiger charge is -2.09. The molecule has 6 nitrogen and oxygen atoms in total. The molecular formula is C13H15N3O3S. The molecule has 1 aromatic heterocycles. The summed E-state index contributed by atoms with van der Waals surface area (Å²) in [6, 6.07) is 8.17. The molecule has 0 atom stereocenters. The smallest absolute Gasteiger partial charge is 0.242 e. The maximum atomic E-state index is 12.0. The van der Waals surface area contributed by atoms with E-state index in [4.69, 9.17) is 10.5 Å². The van der Waals surface area contributed by atoms with E-state index >= 15 is 0 Å². The molecule has 0 amide bonds. The molecular weight excluding hydrogens is 278 g/mol. The van der Waals surface area contributed by atoms with Crippen molar-refractivity contribution < 1.29 is 13.2 Å². The first-order valence-electron chi connectivity index (χ1n) is 5.85. The number of nitrogen functional groups attached to an aromatic ring is 1. The van der Waals surface area contributed by atoms with Gasteiger partial charge < -0.3 is 10.5 Å². The number of anilines is 1. The number of aromatic nitrogens is 1. The first-order valence-corrected chi connectivity index (χ1v) is 7.33. The molecule has 0 fully saturated rings. The van der Waals surface area contributed by atoms with Crippen molar-refractivity contribution >= 4 is 15.7 Å². The Morgan fingerprint density at radius 3 is 2.75 bits per heavy atom. The van der Waals surface area contributed by atoms with Gasteiger partial charge in [0, 0.05) is 18.9 Å². The fraction of sp³-hybridized carbons (Fsp3) is 0.154. The van der Waals surface area contributed by atoms with Crippen LogP contribution in [0.5, 0.6) is 5.75 Å². The number of hydrogen-bond donors (Lipinski definition) is 2. The summed E-state index contributed by atoms with van der Waals surface area (Å²) in [6.45, 7) is 0.144. The lowest BCUT2D eigenvalue weighted by atomic mass is 10.2. The average Bonchev–Trinajstić information content (AvgIpc) is 2.46. The van der Waals surface area contributed by atoms with Crippen molar-refractivity contribution in [2.45, 2.75) is 11.4 Å². The van der Waals surface area contributed by atoms with Crippen LogP contribution < -0.4 is 15.2 Å². The van der Waals surface area contributed by atoms with Crippen molar-refractivity contribution in [2.24, 2.45) is 0 Å². The lowest BCUT2D eigenvalue weighted by molar-refractivity contribution is 0.417. The fourth-order valence-electron chi connectivity index (χ4n) is 1.66. The van der Waals surface area contributed by atoms with Crippen LogP contribution in [0, 0.1) is 0 Å². The quantitative estimate of drug-likeness (QED) is 0.806. The van der Waals surface area contributed by atoms with Crippen molar-refractivity contribution in [1.82, 2.24) is 9.71 Å². The van der Waals surface area contributed by atoms with Crippen LogP contribution in [0.25, 0.3) is 0 Å². The van der Waals surface area contributed by atoms with Gasteiger partial charge in [0.15, 0.2) is 0 Å². The number of pyridine rings is 1. The van der Waals surface area contributed by atoms with E-state index in [0.29, 0.717) is 11.4 Å². The van der Waals surface area contributed by atoms with Crippen LogP contribution in [-0.4, -0.2) is 20.5 Å². The van der Waals surface area contributed by atoms with Crippen LogP contribution in [0.3, 0.4) is 0 Å². The maximum Gasteiger partial charge on any atom is 0.242 e. The van der Waals surface area contributed by atoms with Gasteiger partial charge in [-0.2, -0.15) is 0 Å². The zero-order chi connectivity index (χ0) is 14.6. The second kappa shape index (κ2) is 5.89. The number of benzene rings is 1. The number of nitrogens with two attached hydrogens (primary N) is 1. The Morgan fingerprint density at radius 1 is 1.35 bits per heavy atom. The number of ether oxygens (including phenoxy) is 1. The Bertz CT molecular complexity index is 687. The molecule has 1 aromatic carbocycles. The molecule has 3 N–H and O–H groups in total. The van der Waals surface area contributed by atoms with Gasteiger partial charge in [-0.1, -0.05) is 6.07 Å². The predicted octanol–water partition coefficient (Wildman–Crippen LogP) is 1.15. The Hall–Kier alpha value is -2.12. The number of nitrogens with one attached hydrogen (secondary N) is 1. The summed E-state index contributed by atoms with van der Waals surface area (Å²) in [5, 5.41) is 0. The van der Waals surface area contributed by atoms with Gasteiger partial charge in [0.05, 0.1) is 12.8 Å². The molecule has 0 aliphatic carbocycles. The summed E-state index contributed by atoms with van der Waals surface area (Å²) >= 11 is 0. The van der Waals surface area contributed by atoms with Gasteiger partial charge in [-0.15, -0.1) is 0 Å². The predicted molar refractivity (Wildman–Crippen MR) is 75.7 cm³/mol. The van der Waals surface area contributed by atoms with Crippen LogP contribution in [0.2, 0.25) is 0 Å². The summed E-state index contributed by atoms with van der Waals surface area (Å²) in [7, 11) is -2.05. The van der Waals surface area contributed by atoms with Crippen molar-refractivity contribution in [3.05, 3.63) is 48.3 Å². The van der Waals surface area contributed by atoms with Crippen molar-refractivity contribution in [3.8, 4) is 5.75 Å². The summed E-state index contributed by atoms with van der Waals surface area (Å²) < 4.78 is 31.5. The minimum Gasteiger partial charge on any atom is -0.495 e. The third-order valence-electron chi connectivity index (χ3n) is 2.71. The molecule has 0 aliphatic rings. The van der Waals surface area contributed by atoms with E-state index < -0.39 is 10.0 Å². The molecule has 106 valence electrons. The highest BCUT2D eigenvalue weighted by Gasteiger charge is 2.13. The van der Waals surface area contributed by atoms with E-state index in [2.05, 4.69) is 9.71 Å². The fourth-order valence-corrected chi connectivity index (χ4v) is 2.64. The molecule has 0 aliphatic heterocycles. The van der Waals surface area contributed by atoms with Crippen LogP contribution in [0.1, 0.15) is 5.56 Å². The summed E-state index contributed by atoms with van der Waals surface area (Å²) in [6.07, 6.45) is 2.81.